The van der Waals surface area contributed by atoms with E-state index in [0.717, 1.165) is 12.6 Å². The molecular weight excluding hydrogens is 256 g/mol. The maximum atomic E-state index is 6.15. The molecule has 2 heteroatoms. The van der Waals surface area contributed by atoms with Crippen LogP contribution in [0.4, 0.5) is 0 Å². The molecule has 112 valence electrons. The number of nitrogens with two attached hydrogens (primary N) is 1. The van der Waals surface area contributed by atoms with E-state index in [-0.39, 0.29) is 0 Å². The standard InChI is InChI=1S/C19H26N2/c1-14(2)13-21(18-9-10-18)19(12-20)17-8-7-15-5-3-4-6-16(15)11-17/h3-8,11,14,18-19H,9-10,12-13,20H2,1-2H3. The quantitative estimate of drug-likeness (QED) is 0.869. The molecule has 1 unspecified atom stereocenters. The van der Waals surface area contributed by atoms with E-state index in [1.165, 1.54) is 29.2 Å². The van der Waals surface area contributed by atoms with Gasteiger partial charge in [-0.25, -0.2) is 0 Å². The highest BCUT2D eigenvalue weighted by atomic mass is 15.2. The molecule has 1 fully saturated rings. The van der Waals surface area contributed by atoms with Crippen LogP contribution < -0.4 is 5.73 Å². The van der Waals surface area contributed by atoms with E-state index in [4.69, 9.17) is 5.73 Å². The van der Waals surface area contributed by atoms with Crippen molar-refractivity contribution >= 4 is 10.8 Å². The number of rotatable bonds is 6. The van der Waals surface area contributed by atoms with Gasteiger partial charge in [0, 0.05) is 25.2 Å². The van der Waals surface area contributed by atoms with Crippen molar-refractivity contribution in [2.45, 2.75) is 38.8 Å². The Hall–Kier alpha value is -1.38. The van der Waals surface area contributed by atoms with E-state index >= 15 is 0 Å². The van der Waals surface area contributed by atoms with E-state index in [9.17, 15) is 0 Å². The molecule has 0 bridgehead atoms. The first kappa shape index (κ1) is 14.6. The molecule has 3 rings (SSSR count). The highest BCUT2D eigenvalue weighted by Gasteiger charge is 2.34. The van der Waals surface area contributed by atoms with Crippen LogP contribution in [0.3, 0.4) is 0 Å². The van der Waals surface area contributed by atoms with Gasteiger partial charge in [0.25, 0.3) is 0 Å². The summed E-state index contributed by atoms with van der Waals surface area (Å²) in [5.41, 5.74) is 7.51. The molecule has 2 N–H and O–H groups in total. The van der Waals surface area contributed by atoms with Gasteiger partial charge >= 0.3 is 0 Å². The second-order valence-corrected chi connectivity index (χ2v) is 6.68. The van der Waals surface area contributed by atoms with Crippen LogP contribution in [-0.2, 0) is 0 Å². The average molecular weight is 282 g/mol. The number of fused-ring (bicyclic) bond motifs is 1. The zero-order chi connectivity index (χ0) is 14.8. The number of benzene rings is 2. The maximum Gasteiger partial charge on any atom is 0.0473 e. The molecule has 2 aromatic rings. The van der Waals surface area contributed by atoms with Gasteiger partial charge in [-0.05, 0) is 41.2 Å². The Morgan fingerprint density at radius 1 is 1.10 bits per heavy atom. The van der Waals surface area contributed by atoms with Crippen molar-refractivity contribution < 1.29 is 0 Å². The van der Waals surface area contributed by atoms with Gasteiger partial charge < -0.3 is 5.73 Å². The minimum atomic E-state index is 0.351. The summed E-state index contributed by atoms with van der Waals surface area (Å²) in [7, 11) is 0. The number of nitrogens with zero attached hydrogens (tertiary/aromatic N) is 1. The summed E-state index contributed by atoms with van der Waals surface area (Å²) >= 11 is 0. The summed E-state index contributed by atoms with van der Waals surface area (Å²) in [5, 5.41) is 2.62. The highest BCUT2D eigenvalue weighted by Crippen LogP contribution is 2.35. The third-order valence-electron chi connectivity index (χ3n) is 4.37. The maximum absolute atomic E-state index is 6.15. The third kappa shape index (κ3) is 3.28. The summed E-state index contributed by atoms with van der Waals surface area (Å²) in [6.07, 6.45) is 2.66. The fourth-order valence-electron chi connectivity index (χ4n) is 3.24. The van der Waals surface area contributed by atoms with Crippen LogP contribution in [0.15, 0.2) is 42.5 Å². The minimum absolute atomic E-state index is 0.351. The predicted octanol–water partition coefficient (Wildman–Crippen LogP) is 3.96. The molecule has 0 saturated heterocycles. The molecule has 2 aromatic carbocycles. The van der Waals surface area contributed by atoms with Crippen LogP contribution in [0.25, 0.3) is 10.8 Å². The van der Waals surface area contributed by atoms with Crippen molar-refractivity contribution in [2.75, 3.05) is 13.1 Å². The Morgan fingerprint density at radius 2 is 1.81 bits per heavy atom. The first-order chi connectivity index (χ1) is 10.2. The van der Waals surface area contributed by atoms with Crippen LogP contribution in [0.2, 0.25) is 0 Å². The van der Waals surface area contributed by atoms with Gasteiger partial charge in [0.15, 0.2) is 0 Å². The van der Waals surface area contributed by atoms with Crippen molar-refractivity contribution in [1.82, 2.24) is 4.90 Å². The highest BCUT2D eigenvalue weighted by molar-refractivity contribution is 5.83. The molecule has 1 aliphatic carbocycles. The Morgan fingerprint density at radius 3 is 2.43 bits per heavy atom. The molecule has 2 nitrogen and oxygen atoms in total. The fourth-order valence-corrected chi connectivity index (χ4v) is 3.24. The monoisotopic (exact) mass is 282 g/mol. The first-order valence-corrected chi connectivity index (χ1v) is 8.13. The lowest BCUT2D eigenvalue weighted by Crippen LogP contribution is -2.38. The second kappa shape index (κ2) is 6.17. The molecule has 0 heterocycles. The van der Waals surface area contributed by atoms with Gasteiger partial charge in [-0.15, -0.1) is 0 Å². The normalized spacial score (nSPS) is 16.8. The lowest BCUT2D eigenvalue weighted by molar-refractivity contribution is 0.170. The third-order valence-corrected chi connectivity index (χ3v) is 4.37. The van der Waals surface area contributed by atoms with E-state index < -0.39 is 0 Å². The molecule has 0 spiro atoms. The van der Waals surface area contributed by atoms with Gasteiger partial charge in [0.2, 0.25) is 0 Å². The molecule has 0 amide bonds. The van der Waals surface area contributed by atoms with Crippen LogP contribution in [0, 0.1) is 5.92 Å². The molecule has 0 aliphatic heterocycles. The lowest BCUT2D eigenvalue weighted by atomic mass is 9.99. The van der Waals surface area contributed by atoms with Crippen molar-refractivity contribution in [1.29, 1.82) is 0 Å². The lowest BCUT2D eigenvalue weighted by Gasteiger charge is -2.33. The summed E-state index contributed by atoms with van der Waals surface area (Å²) < 4.78 is 0. The summed E-state index contributed by atoms with van der Waals surface area (Å²) in [6.45, 7) is 6.42. The van der Waals surface area contributed by atoms with E-state index in [1.807, 2.05) is 0 Å². The predicted molar refractivity (Wildman–Crippen MR) is 90.3 cm³/mol. The van der Waals surface area contributed by atoms with Crippen molar-refractivity contribution in [3.8, 4) is 0 Å². The number of hydrogen-bond acceptors (Lipinski definition) is 2. The summed E-state index contributed by atoms with van der Waals surface area (Å²) in [4.78, 5) is 2.63. The SMILES string of the molecule is CC(C)CN(C1CC1)C(CN)c1ccc2ccccc2c1. The van der Waals surface area contributed by atoms with Gasteiger partial charge in [0.05, 0.1) is 0 Å². The van der Waals surface area contributed by atoms with Crippen molar-refractivity contribution in [2.24, 2.45) is 11.7 Å². The molecular formula is C19H26N2. The minimum Gasteiger partial charge on any atom is -0.329 e. The summed E-state index contributed by atoms with van der Waals surface area (Å²) in [6, 6.07) is 16.5. The molecule has 1 saturated carbocycles. The van der Waals surface area contributed by atoms with E-state index in [2.05, 4.69) is 61.2 Å². The molecule has 21 heavy (non-hydrogen) atoms. The molecule has 0 aromatic heterocycles. The van der Waals surface area contributed by atoms with E-state index in [1.54, 1.807) is 0 Å². The van der Waals surface area contributed by atoms with Crippen LogP contribution >= 0.6 is 0 Å². The average Bonchev–Trinajstić information content (AvgIpc) is 3.31. The zero-order valence-electron chi connectivity index (χ0n) is 13.1. The van der Waals surface area contributed by atoms with Gasteiger partial charge in [-0.2, -0.15) is 0 Å². The Kier molecular flexibility index (Phi) is 4.27. The van der Waals surface area contributed by atoms with Gasteiger partial charge in [-0.1, -0.05) is 50.2 Å². The van der Waals surface area contributed by atoms with Crippen molar-refractivity contribution in [3.05, 3.63) is 48.0 Å². The number of hydrogen-bond donors (Lipinski definition) is 1. The van der Waals surface area contributed by atoms with Gasteiger partial charge in [-0.3, -0.25) is 4.90 Å². The molecule has 0 radical (unpaired) electrons. The molecule has 1 aliphatic rings. The summed E-state index contributed by atoms with van der Waals surface area (Å²) in [5.74, 6) is 0.681. The van der Waals surface area contributed by atoms with Crippen molar-refractivity contribution in [3.63, 3.8) is 0 Å². The van der Waals surface area contributed by atoms with Crippen LogP contribution in [-0.4, -0.2) is 24.0 Å². The van der Waals surface area contributed by atoms with Crippen LogP contribution in [0.1, 0.15) is 38.3 Å². The Bertz CT molecular complexity index is 601. The first-order valence-electron chi connectivity index (χ1n) is 8.13. The van der Waals surface area contributed by atoms with E-state index in [0.29, 0.717) is 18.5 Å². The van der Waals surface area contributed by atoms with Gasteiger partial charge in [0.1, 0.15) is 0 Å². The smallest absolute Gasteiger partial charge is 0.0473 e. The fraction of sp³-hybridized carbons (Fsp3) is 0.474. The largest absolute Gasteiger partial charge is 0.329 e. The molecule has 1 atom stereocenters. The topological polar surface area (TPSA) is 29.3 Å². The Balaban J connectivity index is 1.92. The second-order valence-electron chi connectivity index (χ2n) is 6.68. The Labute approximate surface area is 127 Å². The zero-order valence-corrected chi connectivity index (χ0v) is 13.1. The van der Waals surface area contributed by atoms with Crippen LogP contribution in [0.5, 0.6) is 0 Å².